The number of aliphatic hydroxyl groups excluding tert-OH is 1. The Hall–Kier alpha value is -1.30. The van der Waals surface area contributed by atoms with Gasteiger partial charge in [-0.2, -0.15) is 0 Å². The highest BCUT2D eigenvalue weighted by Gasteiger charge is 2.09. The smallest absolute Gasteiger partial charge is 0.127 e. The first kappa shape index (κ1) is 13.1. The van der Waals surface area contributed by atoms with Crippen molar-refractivity contribution in [1.82, 2.24) is 5.32 Å². The van der Waals surface area contributed by atoms with Crippen molar-refractivity contribution < 1.29 is 13.9 Å². The minimum atomic E-state index is -0.623. The molecule has 0 aliphatic carbocycles. The number of hydrogen-bond donors (Lipinski definition) is 2. The molecule has 0 saturated heterocycles. The molecule has 5 heteroatoms. The van der Waals surface area contributed by atoms with Gasteiger partial charge in [-0.15, -0.1) is 11.3 Å². The fourth-order valence-corrected chi connectivity index (χ4v) is 2.32. The lowest BCUT2D eigenvalue weighted by Gasteiger charge is -2.10. The fourth-order valence-electron chi connectivity index (χ4n) is 1.60. The number of benzene rings is 1. The summed E-state index contributed by atoms with van der Waals surface area (Å²) in [6, 6.07) is 7.02. The van der Waals surface area contributed by atoms with Crippen LogP contribution >= 0.6 is 11.3 Å². The van der Waals surface area contributed by atoms with Gasteiger partial charge in [0.1, 0.15) is 17.7 Å². The Labute approximate surface area is 108 Å². The Kier molecular flexibility index (Phi) is 4.41. The van der Waals surface area contributed by atoms with Gasteiger partial charge in [-0.3, -0.25) is 0 Å². The van der Waals surface area contributed by atoms with Crippen LogP contribution in [0.15, 0.2) is 35.7 Å². The van der Waals surface area contributed by atoms with E-state index in [1.54, 1.807) is 0 Å². The first-order chi connectivity index (χ1) is 8.66. The summed E-state index contributed by atoms with van der Waals surface area (Å²) in [6.07, 6.45) is -0.623. The van der Waals surface area contributed by atoms with E-state index >= 15 is 0 Å². The average Bonchev–Trinajstić information content (AvgIpc) is 2.87. The first-order valence-corrected chi connectivity index (χ1v) is 6.41. The highest BCUT2D eigenvalue weighted by Crippen LogP contribution is 2.18. The molecule has 0 saturated carbocycles. The maximum atomic E-state index is 13.3. The second-order valence-corrected chi connectivity index (χ2v) is 4.88. The zero-order valence-electron chi connectivity index (χ0n) is 9.57. The predicted molar refractivity (Wildman–Crippen MR) is 67.3 cm³/mol. The van der Waals surface area contributed by atoms with Crippen LogP contribution in [0.25, 0.3) is 0 Å². The largest absolute Gasteiger partial charge is 0.386 e. The van der Waals surface area contributed by atoms with Gasteiger partial charge in [0.2, 0.25) is 0 Å². The lowest BCUT2D eigenvalue weighted by atomic mass is 10.2. The van der Waals surface area contributed by atoms with E-state index in [2.05, 4.69) is 5.32 Å². The van der Waals surface area contributed by atoms with Crippen LogP contribution < -0.4 is 5.32 Å². The third kappa shape index (κ3) is 3.35. The van der Waals surface area contributed by atoms with Crippen LogP contribution in [-0.2, 0) is 6.54 Å². The van der Waals surface area contributed by atoms with E-state index < -0.39 is 17.7 Å². The number of nitrogens with one attached hydrogen (secondary N) is 1. The molecule has 2 N–H and O–H groups in total. The van der Waals surface area contributed by atoms with Gasteiger partial charge in [-0.1, -0.05) is 6.07 Å². The molecular formula is C13H13F2NOS. The summed E-state index contributed by atoms with van der Waals surface area (Å²) in [6.45, 7) is 0.489. The van der Waals surface area contributed by atoms with Gasteiger partial charge in [0.15, 0.2) is 0 Å². The van der Waals surface area contributed by atoms with Crippen LogP contribution in [0.5, 0.6) is 0 Å². The topological polar surface area (TPSA) is 32.3 Å². The van der Waals surface area contributed by atoms with Crippen molar-refractivity contribution in [3.63, 3.8) is 0 Å². The molecule has 0 aliphatic heterocycles. The molecule has 0 spiro atoms. The number of halogens is 2. The summed E-state index contributed by atoms with van der Waals surface area (Å²) in [5, 5.41) is 14.6. The van der Waals surface area contributed by atoms with Gasteiger partial charge in [-0.05, 0) is 29.6 Å². The van der Waals surface area contributed by atoms with Crippen molar-refractivity contribution in [2.45, 2.75) is 12.6 Å². The van der Waals surface area contributed by atoms with Crippen LogP contribution in [0.4, 0.5) is 8.78 Å². The molecule has 96 valence electrons. The van der Waals surface area contributed by atoms with E-state index in [-0.39, 0.29) is 12.1 Å². The maximum absolute atomic E-state index is 13.3. The third-order valence-electron chi connectivity index (χ3n) is 2.53. The van der Waals surface area contributed by atoms with Crippen LogP contribution in [0.1, 0.15) is 16.5 Å². The standard InChI is InChI=1S/C13H13F2NOS/c14-10-3-4-11(15)9(6-10)7-16-8-12(17)13-2-1-5-18-13/h1-6,12,16-17H,7-8H2. The maximum Gasteiger partial charge on any atom is 0.127 e. The van der Waals surface area contributed by atoms with Gasteiger partial charge >= 0.3 is 0 Å². The molecule has 0 bridgehead atoms. The van der Waals surface area contributed by atoms with Crippen molar-refractivity contribution in [1.29, 1.82) is 0 Å². The molecule has 1 heterocycles. The van der Waals surface area contributed by atoms with Gasteiger partial charge in [0, 0.05) is 23.5 Å². The van der Waals surface area contributed by atoms with Crippen molar-refractivity contribution in [2.75, 3.05) is 6.54 Å². The third-order valence-corrected chi connectivity index (χ3v) is 3.51. The second kappa shape index (κ2) is 6.04. The zero-order valence-corrected chi connectivity index (χ0v) is 10.4. The van der Waals surface area contributed by atoms with E-state index in [4.69, 9.17) is 0 Å². The quantitative estimate of drug-likeness (QED) is 0.875. The second-order valence-electron chi connectivity index (χ2n) is 3.90. The minimum Gasteiger partial charge on any atom is -0.386 e. The molecule has 1 aromatic heterocycles. The van der Waals surface area contributed by atoms with Crippen molar-refractivity contribution >= 4 is 11.3 Å². The van der Waals surface area contributed by atoms with Crippen LogP contribution in [0, 0.1) is 11.6 Å². The Balaban J connectivity index is 1.87. The molecule has 2 nitrogen and oxygen atoms in total. The molecule has 1 atom stereocenters. The fraction of sp³-hybridized carbons (Fsp3) is 0.231. The Bertz CT molecular complexity index is 502. The van der Waals surface area contributed by atoms with Crippen molar-refractivity contribution in [3.05, 3.63) is 57.8 Å². The van der Waals surface area contributed by atoms with Gasteiger partial charge in [-0.25, -0.2) is 8.78 Å². The molecule has 0 amide bonds. The lowest BCUT2D eigenvalue weighted by molar-refractivity contribution is 0.178. The van der Waals surface area contributed by atoms with E-state index in [1.807, 2.05) is 17.5 Å². The van der Waals surface area contributed by atoms with Crippen molar-refractivity contribution in [2.24, 2.45) is 0 Å². The summed E-state index contributed by atoms with van der Waals surface area (Å²) < 4.78 is 26.2. The number of rotatable bonds is 5. The average molecular weight is 269 g/mol. The first-order valence-electron chi connectivity index (χ1n) is 5.53. The summed E-state index contributed by atoms with van der Waals surface area (Å²) in [4.78, 5) is 0.849. The van der Waals surface area contributed by atoms with E-state index in [9.17, 15) is 13.9 Å². The molecular weight excluding hydrogens is 256 g/mol. The molecule has 1 unspecified atom stereocenters. The predicted octanol–water partition coefficient (Wildman–Crippen LogP) is 2.85. The van der Waals surface area contributed by atoms with E-state index in [1.165, 1.54) is 11.3 Å². The highest BCUT2D eigenvalue weighted by molar-refractivity contribution is 7.10. The molecule has 0 aliphatic rings. The molecule has 2 rings (SSSR count). The lowest BCUT2D eigenvalue weighted by Crippen LogP contribution is -2.21. The van der Waals surface area contributed by atoms with E-state index in [0.717, 1.165) is 23.1 Å². The summed E-state index contributed by atoms with van der Waals surface area (Å²) in [7, 11) is 0. The number of thiophene rings is 1. The van der Waals surface area contributed by atoms with Gasteiger partial charge < -0.3 is 10.4 Å². The van der Waals surface area contributed by atoms with Gasteiger partial charge in [0.05, 0.1) is 0 Å². The SMILES string of the molecule is OC(CNCc1cc(F)ccc1F)c1cccs1. The Morgan fingerprint density at radius 2 is 2.11 bits per heavy atom. The molecule has 0 radical (unpaired) electrons. The Morgan fingerprint density at radius 3 is 2.83 bits per heavy atom. The number of hydrogen-bond acceptors (Lipinski definition) is 3. The molecule has 0 fully saturated rings. The summed E-state index contributed by atoms with van der Waals surface area (Å²) in [5.74, 6) is -0.915. The highest BCUT2D eigenvalue weighted by atomic mass is 32.1. The molecule has 2 aromatic rings. The number of aliphatic hydroxyl groups is 1. The molecule has 18 heavy (non-hydrogen) atoms. The van der Waals surface area contributed by atoms with Crippen LogP contribution in [0.3, 0.4) is 0 Å². The van der Waals surface area contributed by atoms with E-state index in [0.29, 0.717) is 6.54 Å². The summed E-state index contributed by atoms with van der Waals surface area (Å²) in [5.41, 5.74) is 0.258. The zero-order chi connectivity index (χ0) is 13.0. The molecule has 1 aromatic carbocycles. The monoisotopic (exact) mass is 269 g/mol. The van der Waals surface area contributed by atoms with Crippen LogP contribution in [-0.4, -0.2) is 11.7 Å². The van der Waals surface area contributed by atoms with Crippen LogP contribution in [0.2, 0.25) is 0 Å². The van der Waals surface area contributed by atoms with Gasteiger partial charge in [0.25, 0.3) is 0 Å². The minimum absolute atomic E-state index is 0.187. The summed E-state index contributed by atoms with van der Waals surface area (Å²) >= 11 is 1.46. The van der Waals surface area contributed by atoms with Crippen molar-refractivity contribution in [3.8, 4) is 0 Å². The Morgan fingerprint density at radius 1 is 1.28 bits per heavy atom. The normalized spacial score (nSPS) is 12.6.